The molecule has 1 heterocycles. The second kappa shape index (κ2) is 5.69. The lowest BCUT2D eigenvalue weighted by molar-refractivity contribution is 0.0885. The van der Waals surface area contributed by atoms with Crippen LogP contribution >= 0.6 is 0 Å². The van der Waals surface area contributed by atoms with Gasteiger partial charge in [0, 0.05) is 11.9 Å². The average Bonchev–Trinajstić information content (AvgIpc) is 2.80. The number of para-hydroxylation sites is 1. The number of carbonyl (C=O) groups excluding carboxylic acids is 1. The number of benzene rings is 1. The average molecular weight is 247 g/mol. The molecule has 0 spiro atoms. The molecule has 0 bridgehead atoms. The Kier molecular flexibility index (Phi) is 3.99. The molecule has 0 aliphatic rings. The monoisotopic (exact) mass is 247 g/mol. The highest BCUT2D eigenvalue weighted by molar-refractivity contribution is 5.96. The van der Waals surface area contributed by atoms with Crippen LogP contribution in [0.4, 0.5) is 0 Å². The van der Waals surface area contributed by atoms with Crippen LogP contribution in [0.3, 0.4) is 0 Å². The zero-order chi connectivity index (χ0) is 13.0. The van der Waals surface area contributed by atoms with E-state index in [0.717, 1.165) is 11.8 Å². The Labute approximate surface area is 106 Å². The van der Waals surface area contributed by atoms with Crippen LogP contribution in [0.25, 0.3) is 11.0 Å². The molecule has 4 nitrogen and oxygen atoms in total. The largest absolute Gasteiger partial charge is 0.451 e. The first-order valence-corrected chi connectivity index (χ1v) is 6.15. The van der Waals surface area contributed by atoms with E-state index in [1.54, 1.807) is 6.07 Å². The minimum absolute atomic E-state index is 0.254. The Morgan fingerprint density at radius 3 is 2.94 bits per heavy atom. The summed E-state index contributed by atoms with van der Waals surface area (Å²) in [6.07, 6.45) is 1.07. The highest BCUT2D eigenvalue weighted by atomic mass is 16.3. The fourth-order valence-electron chi connectivity index (χ4n) is 1.83. The zero-order valence-corrected chi connectivity index (χ0v) is 10.3. The van der Waals surface area contributed by atoms with E-state index >= 15 is 0 Å². The molecule has 0 aliphatic heterocycles. The summed E-state index contributed by atoms with van der Waals surface area (Å²) in [6.45, 7) is 2.24. The maximum Gasteiger partial charge on any atom is 0.287 e. The molecule has 18 heavy (non-hydrogen) atoms. The van der Waals surface area contributed by atoms with E-state index in [0.29, 0.717) is 12.0 Å². The minimum Gasteiger partial charge on any atom is -0.451 e. The lowest BCUT2D eigenvalue weighted by Crippen LogP contribution is -2.31. The van der Waals surface area contributed by atoms with Crippen molar-refractivity contribution in [2.24, 2.45) is 0 Å². The number of aliphatic hydroxyl groups excluding tert-OH is 1. The summed E-state index contributed by atoms with van der Waals surface area (Å²) in [5.41, 5.74) is 0.691. The van der Waals surface area contributed by atoms with Crippen LogP contribution in [-0.2, 0) is 0 Å². The van der Waals surface area contributed by atoms with Gasteiger partial charge in [-0.15, -0.1) is 0 Å². The van der Waals surface area contributed by atoms with Gasteiger partial charge in [-0.2, -0.15) is 0 Å². The van der Waals surface area contributed by atoms with Crippen LogP contribution in [0.1, 0.15) is 30.3 Å². The molecule has 2 rings (SSSR count). The molecule has 2 N–H and O–H groups in total. The summed E-state index contributed by atoms with van der Waals surface area (Å²) >= 11 is 0. The fraction of sp³-hybridized carbons (Fsp3) is 0.357. The van der Waals surface area contributed by atoms with Crippen molar-refractivity contribution in [1.82, 2.24) is 5.32 Å². The Bertz CT molecular complexity index is 500. The molecule has 1 aromatic carbocycles. The third-order valence-electron chi connectivity index (χ3n) is 2.77. The van der Waals surface area contributed by atoms with Gasteiger partial charge < -0.3 is 14.8 Å². The molecular formula is C14H17NO3. The van der Waals surface area contributed by atoms with Crippen LogP contribution in [0, 0.1) is 0 Å². The number of aliphatic hydroxyl groups is 1. The summed E-state index contributed by atoms with van der Waals surface area (Å²) in [5.74, 6) is -0.0127. The Hall–Kier alpha value is -1.81. The smallest absolute Gasteiger partial charge is 0.287 e. The van der Waals surface area contributed by atoms with Crippen molar-refractivity contribution in [2.75, 3.05) is 6.54 Å². The van der Waals surface area contributed by atoms with Gasteiger partial charge in [0.1, 0.15) is 5.58 Å². The SMILES string of the molecule is CCCC(O)CNC(=O)c1cc2ccccc2o1. The van der Waals surface area contributed by atoms with Gasteiger partial charge in [-0.1, -0.05) is 31.5 Å². The number of rotatable bonds is 5. The van der Waals surface area contributed by atoms with Crippen LogP contribution in [0.2, 0.25) is 0 Å². The number of hydrogen-bond acceptors (Lipinski definition) is 3. The van der Waals surface area contributed by atoms with Crippen molar-refractivity contribution in [3.63, 3.8) is 0 Å². The van der Waals surface area contributed by atoms with Gasteiger partial charge in [-0.25, -0.2) is 0 Å². The molecule has 1 aromatic heterocycles. The second-order valence-electron chi connectivity index (χ2n) is 4.30. The van der Waals surface area contributed by atoms with Crippen molar-refractivity contribution in [3.8, 4) is 0 Å². The summed E-state index contributed by atoms with van der Waals surface area (Å²) in [7, 11) is 0. The summed E-state index contributed by atoms with van der Waals surface area (Å²) in [4.78, 5) is 11.8. The minimum atomic E-state index is -0.497. The number of hydrogen-bond donors (Lipinski definition) is 2. The van der Waals surface area contributed by atoms with Crippen molar-refractivity contribution < 1.29 is 14.3 Å². The van der Waals surface area contributed by atoms with Crippen molar-refractivity contribution in [2.45, 2.75) is 25.9 Å². The molecule has 0 fully saturated rings. The van der Waals surface area contributed by atoms with E-state index < -0.39 is 6.10 Å². The number of nitrogens with one attached hydrogen (secondary N) is 1. The molecule has 1 atom stereocenters. The normalized spacial score (nSPS) is 12.6. The van der Waals surface area contributed by atoms with Crippen LogP contribution < -0.4 is 5.32 Å². The van der Waals surface area contributed by atoms with Gasteiger partial charge in [0.2, 0.25) is 0 Å². The van der Waals surface area contributed by atoms with E-state index in [2.05, 4.69) is 5.32 Å². The van der Waals surface area contributed by atoms with E-state index in [1.807, 2.05) is 31.2 Å². The van der Waals surface area contributed by atoms with Gasteiger partial charge in [0.25, 0.3) is 5.91 Å². The summed E-state index contributed by atoms with van der Waals surface area (Å²) in [5, 5.41) is 13.1. The predicted octanol–water partition coefficient (Wildman–Crippen LogP) is 2.32. The third kappa shape index (κ3) is 2.90. The number of amides is 1. The molecule has 4 heteroatoms. The second-order valence-corrected chi connectivity index (χ2v) is 4.30. The lowest BCUT2D eigenvalue weighted by Gasteiger charge is -2.09. The lowest BCUT2D eigenvalue weighted by atomic mass is 10.2. The van der Waals surface area contributed by atoms with Crippen molar-refractivity contribution in [3.05, 3.63) is 36.1 Å². The molecular weight excluding hydrogens is 230 g/mol. The highest BCUT2D eigenvalue weighted by Gasteiger charge is 2.13. The predicted molar refractivity (Wildman–Crippen MR) is 69.5 cm³/mol. The number of fused-ring (bicyclic) bond motifs is 1. The zero-order valence-electron chi connectivity index (χ0n) is 10.3. The Balaban J connectivity index is 2.00. The molecule has 0 aliphatic carbocycles. The van der Waals surface area contributed by atoms with Gasteiger partial charge >= 0.3 is 0 Å². The number of carbonyl (C=O) groups is 1. The molecule has 96 valence electrons. The maximum atomic E-state index is 11.8. The number of furan rings is 1. The molecule has 0 radical (unpaired) electrons. The molecule has 0 saturated carbocycles. The van der Waals surface area contributed by atoms with E-state index in [9.17, 15) is 9.90 Å². The van der Waals surface area contributed by atoms with Crippen LogP contribution in [-0.4, -0.2) is 23.7 Å². The van der Waals surface area contributed by atoms with E-state index in [4.69, 9.17) is 4.42 Å². The van der Waals surface area contributed by atoms with Crippen LogP contribution in [0.5, 0.6) is 0 Å². The van der Waals surface area contributed by atoms with Crippen molar-refractivity contribution >= 4 is 16.9 Å². The van der Waals surface area contributed by atoms with Gasteiger partial charge in [0.05, 0.1) is 6.10 Å². The Morgan fingerprint density at radius 1 is 1.44 bits per heavy atom. The molecule has 1 amide bonds. The first-order valence-electron chi connectivity index (χ1n) is 6.15. The topological polar surface area (TPSA) is 62.5 Å². The molecule has 0 saturated heterocycles. The quantitative estimate of drug-likeness (QED) is 0.852. The standard InChI is InChI=1S/C14H17NO3/c1-2-5-11(16)9-15-14(17)13-8-10-6-3-4-7-12(10)18-13/h3-4,6-8,11,16H,2,5,9H2,1H3,(H,15,17). The molecule has 1 unspecified atom stereocenters. The third-order valence-corrected chi connectivity index (χ3v) is 2.77. The van der Waals surface area contributed by atoms with Crippen LogP contribution in [0.15, 0.2) is 34.7 Å². The first kappa shape index (κ1) is 12.6. The summed E-state index contributed by atoms with van der Waals surface area (Å²) < 4.78 is 5.43. The van der Waals surface area contributed by atoms with Crippen molar-refractivity contribution in [1.29, 1.82) is 0 Å². The maximum absolute atomic E-state index is 11.8. The van der Waals surface area contributed by atoms with Gasteiger partial charge in [-0.05, 0) is 18.6 Å². The van der Waals surface area contributed by atoms with Gasteiger partial charge in [-0.3, -0.25) is 4.79 Å². The first-order chi connectivity index (χ1) is 8.70. The molecule has 2 aromatic rings. The summed E-state index contributed by atoms with van der Waals surface area (Å²) in [6, 6.07) is 9.17. The Morgan fingerprint density at radius 2 is 2.22 bits per heavy atom. The fourth-order valence-corrected chi connectivity index (χ4v) is 1.83. The van der Waals surface area contributed by atoms with E-state index in [1.165, 1.54) is 0 Å². The van der Waals surface area contributed by atoms with Gasteiger partial charge in [0.15, 0.2) is 5.76 Å². The van der Waals surface area contributed by atoms with E-state index in [-0.39, 0.29) is 18.2 Å². The highest BCUT2D eigenvalue weighted by Crippen LogP contribution is 2.18.